The van der Waals surface area contributed by atoms with Crippen LogP contribution in [0.5, 0.6) is 0 Å². The number of unbranched alkanes of at least 4 members (excludes halogenated alkanes) is 7. The summed E-state index contributed by atoms with van der Waals surface area (Å²) in [7, 11) is -8.09. The lowest BCUT2D eigenvalue weighted by molar-refractivity contribution is 0.0170. The van der Waals surface area contributed by atoms with Gasteiger partial charge in [-0.15, -0.1) is 0 Å². The first-order valence-corrected chi connectivity index (χ1v) is 14.1. The molecule has 0 rings (SSSR count). The van der Waals surface area contributed by atoms with Crippen LogP contribution in [0.2, 0.25) is 0 Å². The van der Waals surface area contributed by atoms with Gasteiger partial charge in [0.25, 0.3) is 0 Å². The maximum Gasteiger partial charge on any atom is 0.472 e. The molecule has 2 unspecified atom stereocenters. The van der Waals surface area contributed by atoms with Crippen molar-refractivity contribution in [1.29, 1.82) is 0 Å². The Labute approximate surface area is 187 Å². The third-order valence-corrected chi connectivity index (χ3v) is 6.15. The van der Waals surface area contributed by atoms with Gasteiger partial charge in [0.1, 0.15) is 0 Å². The van der Waals surface area contributed by atoms with Gasteiger partial charge in [-0.25, -0.2) is 9.13 Å². The number of ether oxygens (including phenoxy) is 2. The standard InChI is InChI=1S/C19H42O10P2/c1-4-5-6-7-8-9-10-11-12-26-30(20,21)27-17-15-24-13-14-25-16-18-28-31(22,23)29-19(2)3/h19H,4-18H2,1-3H3,(H,20,21)(H,22,23). The summed E-state index contributed by atoms with van der Waals surface area (Å²) in [6.07, 6.45) is 8.62. The number of phosphoric ester groups is 2. The third-order valence-electron chi connectivity index (χ3n) is 3.93. The molecule has 0 aromatic rings. The summed E-state index contributed by atoms with van der Waals surface area (Å²) in [6, 6.07) is 0. The number of hydrogen-bond donors (Lipinski definition) is 2. The van der Waals surface area contributed by atoms with Crippen molar-refractivity contribution in [3.05, 3.63) is 0 Å². The predicted molar refractivity (Wildman–Crippen MR) is 118 cm³/mol. The van der Waals surface area contributed by atoms with Gasteiger partial charge < -0.3 is 19.3 Å². The van der Waals surface area contributed by atoms with Gasteiger partial charge >= 0.3 is 15.6 Å². The number of rotatable bonds is 23. The van der Waals surface area contributed by atoms with Crippen LogP contribution in [0.3, 0.4) is 0 Å². The van der Waals surface area contributed by atoms with Crippen molar-refractivity contribution in [3.8, 4) is 0 Å². The molecule has 0 aliphatic carbocycles. The normalized spacial score (nSPS) is 15.8. The fourth-order valence-electron chi connectivity index (χ4n) is 2.50. The molecule has 2 atom stereocenters. The van der Waals surface area contributed by atoms with Crippen LogP contribution in [0.15, 0.2) is 0 Å². The first-order valence-electron chi connectivity index (χ1n) is 11.1. The Balaban J connectivity index is 3.47. The van der Waals surface area contributed by atoms with Gasteiger partial charge in [0, 0.05) is 0 Å². The first-order chi connectivity index (χ1) is 14.7. The molecule has 12 heteroatoms. The fraction of sp³-hybridized carbons (Fsp3) is 1.00. The summed E-state index contributed by atoms with van der Waals surface area (Å²) >= 11 is 0. The number of phosphoric acid groups is 2. The van der Waals surface area contributed by atoms with Crippen molar-refractivity contribution in [3.63, 3.8) is 0 Å². The highest BCUT2D eigenvalue weighted by atomic mass is 31.2. The van der Waals surface area contributed by atoms with E-state index in [4.69, 9.17) is 27.6 Å². The maximum atomic E-state index is 11.7. The van der Waals surface area contributed by atoms with Crippen LogP contribution in [0.4, 0.5) is 0 Å². The minimum atomic E-state index is -4.05. The monoisotopic (exact) mass is 492 g/mol. The summed E-state index contributed by atoms with van der Waals surface area (Å²) in [6.45, 7) is 6.16. The minimum absolute atomic E-state index is 0.0748. The van der Waals surface area contributed by atoms with E-state index in [2.05, 4.69) is 6.92 Å². The molecule has 2 N–H and O–H groups in total. The van der Waals surface area contributed by atoms with Gasteiger partial charge in [-0.3, -0.25) is 18.1 Å². The second kappa shape index (κ2) is 19.6. The Hall–Kier alpha value is 0.140. The van der Waals surface area contributed by atoms with Gasteiger partial charge in [-0.05, 0) is 20.3 Å². The lowest BCUT2D eigenvalue weighted by atomic mass is 10.1. The third kappa shape index (κ3) is 23.1. The van der Waals surface area contributed by atoms with Gasteiger partial charge in [0.05, 0.1) is 52.4 Å². The van der Waals surface area contributed by atoms with Crippen molar-refractivity contribution in [2.24, 2.45) is 0 Å². The summed E-state index contributed by atoms with van der Waals surface area (Å²) in [5, 5.41) is 0. The zero-order valence-electron chi connectivity index (χ0n) is 19.2. The van der Waals surface area contributed by atoms with E-state index in [9.17, 15) is 18.9 Å². The SMILES string of the molecule is CCCCCCCCCCOP(=O)(O)OCCOCCOCCOP(=O)(O)OC(C)C. The summed E-state index contributed by atoms with van der Waals surface area (Å²) < 4.78 is 52.8. The Morgan fingerprint density at radius 3 is 1.55 bits per heavy atom. The molecule has 0 fully saturated rings. The molecule has 31 heavy (non-hydrogen) atoms. The van der Waals surface area contributed by atoms with E-state index in [1.54, 1.807) is 13.8 Å². The second-order valence-electron chi connectivity index (χ2n) is 7.29. The molecule has 0 aliphatic rings. The first kappa shape index (κ1) is 31.1. The molecule has 0 radical (unpaired) electrons. The van der Waals surface area contributed by atoms with Gasteiger partial charge in [0.15, 0.2) is 0 Å². The second-order valence-corrected chi connectivity index (χ2v) is 10.2. The molecule has 0 saturated heterocycles. The Kier molecular flexibility index (Phi) is 19.7. The van der Waals surface area contributed by atoms with Crippen LogP contribution >= 0.6 is 15.6 Å². The molecule has 0 spiro atoms. The average molecular weight is 492 g/mol. The fourth-order valence-corrected chi connectivity index (χ4v) is 4.13. The van der Waals surface area contributed by atoms with Gasteiger partial charge in [-0.1, -0.05) is 51.9 Å². The topological polar surface area (TPSA) is 130 Å². The molecule has 10 nitrogen and oxygen atoms in total. The summed E-state index contributed by atoms with van der Waals surface area (Å²) in [5.74, 6) is 0. The van der Waals surface area contributed by atoms with E-state index >= 15 is 0 Å². The average Bonchev–Trinajstić information content (AvgIpc) is 2.67. The molecule has 0 heterocycles. The largest absolute Gasteiger partial charge is 0.472 e. The van der Waals surface area contributed by atoms with E-state index in [1.165, 1.54) is 32.1 Å². The molecule has 0 amide bonds. The molecule has 0 aromatic carbocycles. The lowest BCUT2D eigenvalue weighted by Crippen LogP contribution is -2.12. The molecule has 0 aromatic heterocycles. The summed E-state index contributed by atoms with van der Waals surface area (Å²) in [5.41, 5.74) is 0. The van der Waals surface area contributed by atoms with Crippen LogP contribution in [-0.4, -0.2) is 62.1 Å². The maximum absolute atomic E-state index is 11.7. The lowest BCUT2D eigenvalue weighted by Gasteiger charge is -2.14. The smallest absolute Gasteiger partial charge is 0.377 e. The van der Waals surface area contributed by atoms with E-state index in [1.807, 2.05) is 0 Å². The highest BCUT2D eigenvalue weighted by molar-refractivity contribution is 7.47. The van der Waals surface area contributed by atoms with Crippen molar-refractivity contribution >= 4 is 15.6 Å². The molecule has 0 bridgehead atoms. The van der Waals surface area contributed by atoms with Crippen molar-refractivity contribution in [1.82, 2.24) is 0 Å². The van der Waals surface area contributed by atoms with Crippen LogP contribution in [0, 0.1) is 0 Å². The molecular weight excluding hydrogens is 450 g/mol. The summed E-state index contributed by atoms with van der Waals surface area (Å²) in [4.78, 5) is 18.9. The van der Waals surface area contributed by atoms with Crippen molar-refractivity contribution in [2.75, 3.05) is 46.2 Å². The zero-order chi connectivity index (χ0) is 23.4. The van der Waals surface area contributed by atoms with Crippen molar-refractivity contribution < 1.29 is 46.5 Å². The van der Waals surface area contributed by atoms with Crippen LogP contribution in [-0.2, 0) is 36.7 Å². The quantitative estimate of drug-likeness (QED) is 0.151. The molecule has 0 saturated carbocycles. The number of hydrogen-bond acceptors (Lipinski definition) is 8. The Bertz CT molecular complexity index is 504. The predicted octanol–water partition coefficient (Wildman–Crippen LogP) is 4.84. The van der Waals surface area contributed by atoms with E-state index in [0.29, 0.717) is 0 Å². The van der Waals surface area contributed by atoms with E-state index in [0.717, 1.165) is 19.3 Å². The van der Waals surface area contributed by atoms with E-state index in [-0.39, 0.29) is 46.2 Å². The van der Waals surface area contributed by atoms with Gasteiger partial charge in [-0.2, -0.15) is 0 Å². The molecule has 0 aliphatic heterocycles. The van der Waals surface area contributed by atoms with Crippen LogP contribution < -0.4 is 0 Å². The van der Waals surface area contributed by atoms with Crippen LogP contribution in [0.1, 0.15) is 72.1 Å². The molecule has 188 valence electrons. The Morgan fingerprint density at radius 2 is 1.03 bits per heavy atom. The van der Waals surface area contributed by atoms with Crippen LogP contribution in [0.25, 0.3) is 0 Å². The highest BCUT2D eigenvalue weighted by Crippen LogP contribution is 2.44. The van der Waals surface area contributed by atoms with Crippen molar-refractivity contribution in [2.45, 2.75) is 78.2 Å². The van der Waals surface area contributed by atoms with Gasteiger partial charge in [0.2, 0.25) is 0 Å². The minimum Gasteiger partial charge on any atom is -0.377 e. The Morgan fingerprint density at radius 1 is 0.613 bits per heavy atom. The van der Waals surface area contributed by atoms with E-state index < -0.39 is 21.7 Å². The highest BCUT2D eigenvalue weighted by Gasteiger charge is 2.22. The molecular formula is C19H42O10P2. The zero-order valence-corrected chi connectivity index (χ0v) is 21.0.